The van der Waals surface area contributed by atoms with Gasteiger partial charge >= 0.3 is 0 Å². The Bertz CT molecular complexity index is 1220. The molecular weight excluding hydrogens is 475 g/mol. The Morgan fingerprint density at radius 1 is 1.08 bits per heavy atom. The molecule has 1 N–H and O–H groups in total. The van der Waals surface area contributed by atoms with Crippen LogP contribution in [0.25, 0.3) is 10.9 Å². The molecule has 0 bridgehead atoms. The molecule has 2 aromatic carbocycles. The van der Waals surface area contributed by atoms with Crippen molar-refractivity contribution >= 4 is 10.9 Å². The van der Waals surface area contributed by atoms with E-state index in [1.165, 1.54) is 38.8 Å². The largest absolute Gasteiger partial charge is 0.488 e. The standard InChI is InChI=1S/C30H38F3N3O/c1-5-6-9-12-35-16-21(17-35)37-20-14-24(31)27(25(32)15-20)29-28-23(22-10-7-8-11-26(22)34-28)13-19(2)36(29)18-30(3,4)33/h7-8,10-11,14-15,19,21,29,34H,5-6,9,12-13,16-18H2,1-4H3/t19-,29-/m1/s1. The number of para-hydroxylation sites is 1. The molecule has 1 saturated heterocycles. The Kier molecular flexibility index (Phi) is 7.29. The van der Waals surface area contributed by atoms with E-state index >= 15 is 8.78 Å². The molecule has 0 aliphatic carbocycles. The summed E-state index contributed by atoms with van der Waals surface area (Å²) in [6.45, 7) is 9.82. The molecule has 3 aromatic rings. The first-order valence-corrected chi connectivity index (χ1v) is 13.6. The summed E-state index contributed by atoms with van der Waals surface area (Å²) in [6.07, 6.45) is 4.15. The van der Waals surface area contributed by atoms with Gasteiger partial charge in [-0.25, -0.2) is 13.2 Å². The molecule has 0 radical (unpaired) electrons. The van der Waals surface area contributed by atoms with Crippen molar-refractivity contribution in [2.45, 2.75) is 77.2 Å². The number of nitrogens with one attached hydrogen (secondary N) is 1. The van der Waals surface area contributed by atoms with Gasteiger partial charge in [0, 0.05) is 60.0 Å². The molecule has 1 fully saturated rings. The van der Waals surface area contributed by atoms with Gasteiger partial charge in [-0.3, -0.25) is 9.80 Å². The summed E-state index contributed by atoms with van der Waals surface area (Å²) in [6, 6.07) is 9.60. The van der Waals surface area contributed by atoms with Crippen LogP contribution < -0.4 is 4.74 Å². The van der Waals surface area contributed by atoms with E-state index in [4.69, 9.17) is 4.74 Å². The van der Waals surface area contributed by atoms with Crippen molar-refractivity contribution in [2.24, 2.45) is 0 Å². The summed E-state index contributed by atoms with van der Waals surface area (Å²) in [5.74, 6) is -1.13. The van der Waals surface area contributed by atoms with Gasteiger partial charge in [-0.05, 0) is 51.8 Å². The van der Waals surface area contributed by atoms with Gasteiger partial charge in [-0.15, -0.1) is 0 Å². The first-order valence-electron chi connectivity index (χ1n) is 13.6. The highest BCUT2D eigenvalue weighted by Crippen LogP contribution is 2.43. The second-order valence-electron chi connectivity index (χ2n) is 11.4. The molecule has 0 saturated carbocycles. The third-order valence-corrected chi connectivity index (χ3v) is 7.71. The van der Waals surface area contributed by atoms with Gasteiger partial charge < -0.3 is 9.72 Å². The number of hydrogen-bond donors (Lipinski definition) is 1. The Morgan fingerprint density at radius 2 is 1.78 bits per heavy atom. The summed E-state index contributed by atoms with van der Waals surface area (Å²) in [4.78, 5) is 7.61. The van der Waals surface area contributed by atoms with Gasteiger partial charge in [0.1, 0.15) is 29.2 Å². The molecule has 37 heavy (non-hydrogen) atoms. The van der Waals surface area contributed by atoms with Crippen molar-refractivity contribution in [3.63, 3.8) is 0 Å². The van der Waals surface area contributed by atoms with Crippen LogP contribution in [0.3, 0.4) is 0 Å². The minimum atomic E-state index is -1.53. The number of aromatic nitrogens is 1. The molecule has 4 nitrogen and oxygen atoms in total. The van der Waals surface area contributed by atoms with Crippen molar-refractivity contribution < 1.29 is 17.9 Å². The van der Waals surface area contributed by atoms with Crippen LogP contribution in [0, 0.1) is 11.6 Å². The quantitative estimate of drug-likeness (QED) is 0.320. The van der Waals surface area contributed by atoms with Gasteiger partial charge in [0.15, 0.2) is 0 Å². The van der Waals surface area contributed by atoms with E-state index in [9.17, 15) is 4.39 Å². The van der Waals surface area contributed by atoms with Gasteiger partial charge in [-0.2, -0.15) is 0 Å². The zero-order valence-corrected chi connectivity index (χ0v) is 22.3. The lowest BCUT2D eigenvalue weighted by atomic mass is 9.87. The number of nitrogens with zero attached hydrogens (tertiary/aromatic N) is 2. The van der Waals surface area contributed by atoms with Crippen molar-refractivity contribution in [1.82, 2.24) is 14.8 Å². The topological polar surface area (TPSA) is 31.5 Å². The zero-order chi connectivity index (χ0) is 26.3. The van der Waals surface area contributed by atoms with Crippen LogP contribution in [-0.4, -0.2) is 58.8 Å². The summed E-state index contributed by atoms with van der Waals surface area (Å²) in [5.41, 5.74) is 1.10. The Morgan fingerprint density at radius 3 is 2.46 bits per heavy atom. The first-order chi connectivity index (χ1) is 17.6. The maximum Gasteiger partial charge on any atom is 0.135 e. The summed E-state index contributed by atoms with van der Waals surface area (Å²) in [7, 11) is 0. The van der Waals surface area contributed by atoms with Crippen LogP contribution in [0.15, 0.2) is 36.4 Å². The lowest BCUT2D eigenvalue weighted by molar-refractivity contribution is 0.0186. The van der Waals surface area contributed by atoms with Crippen LogP contribution in [0.4, 0.5) is 13.2 Å². The fourth-order valence-electron chi connectivity index (χ4n) is 5.95. The smallest absolute Gasteiger partial charge is 0.135 e. The number of rotatable bonds is 9. The summed E-state index contributed by atoms with van der Waals surface area (Å²) >= 11 is 0. The average molecular weight is 514 g/mol. The molecular formula is C30H38F3N3O. The Balaban J connectivity index is 1.45. The highest BCUT2D eigenvalue weighted by molar-refractivity contribution is 5.85. The van der Waals surface area contributed by atoms with Crippen LogP contribution in [-0.2, 0) is 6.42 Å². The van der Waals surface area contributed by atoms with Gasteiger partial charge in [0.25, 0.3) is 0 Å². The maximum atomic E-state index is 15.8. The van der Waals surface area contributed by atoms with Crippen molar-refractivity contribution in [1.29, 1.82) is 0 Å². The van der Waals surface area contributed by atoms with Gasteiger partial charge in [0.2, 0.25) is 0 Å². The minimum absolute atomic E-state index is 0.0563. The first kappa shape index (κ1) is 26.1. The van der Waals surface area contributed by atoms with Crippen LogP contribution in [0.1, 0.15) is 69.8 Å². The molecule has 0 unspecified atom stereocenters. The van der Waals surface area contributed by atoms with E-state index in [-0.39, 0.29) is 30.0 Å². The number of aromatic amines is 1. The number of unbranched alkanes of at least 4 members (excludes halogenated alkanes) is 2. The second-order valence-corrected chi connectivity index (χ2v) is 11.4. The van der Waals surface area contributed by atoms with Crippen molar-refractivity contribution in [3.8, 4) is 5.75 Å². The van der Waals surface area contributed by atoms with Crippen molar-refractivity contribution in [3.05, 3.63) is 64.9 Å². The number of ether oxygens (including phenoxy) is 1. The predicted molar refractivity (Wildman–Crippen MR) is 142 cm³/mol. The molecule has 0 spiro atoms. The Labute approximate surface area is 217 Å². The van der Waals surface area contributed by atoms with E-state index in [1.807, 2.05) is 36.1 Å². The predicted octanol–water partition coefficient (Wildman–Crippen LogP) is 6.78. The van der Waals surface area contributed by atoms with E-state index in [1.54, 1.807) is 0 Å². The number of hydrogen-bond acceptors (Lipinski definition) is 3. The summed E-state index contributed by atoms with van der Waals surface area (Å²) < 4.78 is 52.4. The third kappa shape index (κ3) is 5.39. The van der Waals surface area contributed by atoms with E-state index < -0.39 is 23.3 Å². The molecule has 7 heteroatoms. The molecule has 3 heterocycles. The zero-order valence-electron chi connectivity index (χ0n) is 22.3. The highest BCUT2D eigenvalue weighted by Gasteiger charge is 2.41. The molecule has 5 rings (SSSR count). The van der Waals surface area contributed by atoms with Crippen LogP contribution in [0.2, 0.25) is 0 Å². The fraction of sp³-hybridized carbons (Fsp3) is 0.533. The van der Waals surface area contributed by atoms with Crippen molar-refractivity contribution in [2.75, 3.05) is 26.2 Å². The normalized spacial score (nSPS) is 21.3. The molecule has 200 valence electrons. The molecule has 0 amide bonds. The van der Waals surface area contributed by atoms with Crippen LogP contribution in [0.5, 0.6) is 5.75 Å². The highest BCUT2D eigenvalue weighted by atomic mass is 19.1. The monoisotopic (exact) mass is 513 g/mol. The van der Waals surface area contributed by atoms with Crippen LogP contribution >= 0.6 is 0 Å². The minimum Gasteiger partial charge on any atom is -0.488 e. The SMILES string of the molecule is CCCCCN1CC(Oc2cc(F)c([C@@H]3c4[nH]c5ccccc5c4C[C@@H](C)N3CC(C)(C)F)c(F)c2)C1. The summed E-state index contributed by atoms with van der Waals surface area (Å²) in [5, 5.41) is 1.04. The Hall–Kier alpha value is -2.51. The fourth-order valence-corrected chi connectivity index (χ4v) is 5.95. The van der Waals surface area contributed by atoms with E-state index in [0.29, 0.717) is 6.42 Å². The lowest BCUT2D eigenvalue weighted by Gasteiger charge is -2.43. The lowest BCUT2D eigenvalue weighted by Crippen LogP contribution is -2.53. The van der Waals surface area contributed by atoms with Gasteiger partial charge in [-0.1, -0.05) is 38.0 Å². The van der Waals surface area contributed by atoms with E-state index in [0.717, 1.165) is 48.2 Å². The van der Waals surface area contributed by atoms with Gasteiger partial charge in [0.05, 0.1) is 6.04 Å². The third-order valence-electron chi connectivity index (χ3n) is 7.71. The maximum absolute atomic E-state index is 15.8. The number of halogens is 3. The number of benzene rings is 2. The second kappa shape index (κ2) is 10.3. The molecule has 1 aromatic heterocycles. The number of H-pyrrole nitrogens is 1. The number of fused-ring (bicyclic) bond motifs is 3. The molecule has 2 aliphatic heterocycles. The average Bonchev–Trinajstić information content (AvgIpc) is 3.16. The number of likely N-dealkylation sites (tertiary alicyclic amines) is 1. The number of alkyl halides is 1. The molecule has 2 aliphatic rings. The van der Waals surface area contributed by atoms with E-state index in [2.05, 4.69) is 16.8 Å². The molecule has 2 atom stereocenters.